The highest BCUT2D eigenvalue weighted by Crippen LogP contribution is 2.24. The SMILES string of the molecule is Cc1c(Cl)cccc1NCC(=O)NN=Cc1ccc(Cl)c([N+](=O)[O-])c1. The number of nitro benzene ring substituents is 1. The number of amides is 1. The van der Waals surface area contributed by atoms with Crippen LogP contribution in [0, 0.1) is 17.0 Å². The van der Waals surface area contributed by atoms with Gasteiger partial charge in [0.1, 0.15) is 5.02 Å². The molecule has 2 aromatic carbocycles. The summed E-state index contributed by atoms with van der Waals surface area (Å²) in [5.74, 6) is -0.376. The first-order chi connectivity index (χ1) is 11.9. The van der Waals surface area contributed by atoms with Crippen molar-refractivity contribution in [3.63, 3.8) is 0 Å². The molecule has 0 spiro atoms. The van der Waals surface area contributed by atoms with E-state index in [1.165, 1.54) is 18.3 Å². The smallest absolute Gasteiger partial charge is 0.288 e. The van der Waals surface area contributed by atoms with Gasteiger partial charge in [-0.3, -0.25) is 14.9 Å². The van der Waals surface area contributed by atoms with Crippen LogP contribution in [-0.4, -0.2) is 23.6 Å². The van der Waals surface area contributed by atoms with Crippen molar-refractivity contribution >= 4 is 46.7 Å². The number of nitro groups is 1. The minimum atomic E-state index is -0.588. The molecule has 9 heteroatoms. The van der Waals surface area contributed by atoms with Gasteiger partial charge in [0, 0.05) is 22.3 Å². The van der Waals surface area contributed by atoms with Crippen molar-refractivity contribution in [2.75, 3.05) is 11.9 Å². The molecule has 0 aliphatic carbocycles. The van der Waals surface area contributed by atoms with Crippen molar-refractivity contribution in [2.45, 2.75) is 6.92 Å². The van der Waals surface area contributed by atoms with Crippen LogP contribution >= 0.6 is 23.2 Å². The Morgan fingerprint density at radius 2 is 2.04 bits per heavy atom. The minimum absolute atomic E-state index is 0.000707. The zero-order chi connectivity index (χ0) is 18.4. The van der Waals surface area contributed by atoms with E-state index in [1.807, 2.05) is 13.0 Å². The van der Waals surface area contributed by atoms with Crippen molar-refractivity contribution in [1.29, 1.82) is 0 Å². The number of hydrazone groups is 1. The van der Waals surface area contributed by atoms with Crippen molar-refractivity contribution in [2.24, 2.45) is 5.10 Å². The van der Waals surface area contributed by atoms with Crippen LogP contribution in [0.1, 0.15) is 11.1 Å². The second-order valence-electron chi connectivity index (χ2n) is 5.03. The molecule has 7 nitrogen and oxygen atoms in total. The average Bonchev–Trinajstić information content (AvgIpc) is 2.57. The van der Waals surface area contributed by atoms with E-state index in [0.717, 1.165) is 11.3 Å². The Labute approximate surface area is 153 Å². The third kappa shape index (κ3) is 5.17. The molecule has 0 radical (unpaired) electrons. The standard InChI is InChI=1S/C16H14Cl2N4O3/c1-10-12(17)3-2-4-14(10)19-9-16(23)21-20-8-11-5-6-13(18)15(7-11)22(24)25/h2-8,19H,9H2,1H3,(H,21,23). The summed E-state index contributed by atoms with van der Waals surface area (Å²) in [4.78, 5) is 22.0. The zero-order valence-corrected chi connectivity index (χ0v) is 14.6. The van der Waals surface area contributed by atoms with E-state index in [2.05, 4.69) is 15.8 Å². The Hall–Kier alpha value is -2.64. The van der Waals surface area contributed by atoms with Gasteiger partial charge in [0.15, 0.2) is 0 Å². The number of carbonyl (C=O) groups excluding carboxylic acids is 1. The van der Waals surface area contributed by atoms with Crippen LogP contribution in [0.15, 0.2) is 41.5 Å². The molecule has 25 heavy (non-hydrogen) atoms. The van der Waals surface area contributed by atoms with E-state index in [1.54, 1.807) is 18.2 Å². The summed E-state index contributed by atoms with van der Waals surface area (Å²) < 4.78 is 0. The number of hydrogen-bond acceptors (Lipinski definition) is 5. The number of nitrogens with zero attached hydrogens (tertiary/aromatic N) is 2. The quantitative estimate of drug-likeness (QED) is 0.452. The van der Waals surface area contributed by atoms with Gasteiger partial charge in [-0.1, -0.05) is 35.3 Å². The summed E-state index contributed by atoms with van der Waals surface area (Å²) in [6, 6.07) is 9.57. The summed E-state index contributed by atoms with van der Waals surface area (Å²) in [7, 11) is 0. The lowest BCUT2D eigenvalue weighted by Crippen LogP contribution is -2.26. The molecule has 130 valence electrons. The third-order valence-electron chi connectivity index (χ3n) is 3.28. The van der Waals surface area contributed by atoms with Crippen molar-refractivity contribution < 1.29 is 9.72 Å². The molecule has 0 unspecified atom stereocenters. The van der Waals surface area contributed by atoms with Gasteiger partial charge < -0.3 is 5.32 Å². The van der Waals surface area contributed by atoms with Crippen LogP contribution in [0.5, 0.6) is 0 Å². The normalized spacial score (nSPS) is 10.7. The fraction of sp³-hybridized carbons (Fsp3) is 0.125. The number of carbonyl (C=O) groups is 1. The van der Waals surface area contributed by atoms with Crippen molar-refractivity contribution in [3.05, 3.63) is 67.7 Å². The molecule has 1 amide bonds. The highest BCUT2D eigenvalue weighted by atomic mass is 35.5. The summed E-state index contributed by atoms with van der Waals surface area (Å²) in [6.45, 7) is 1.84. The number of anilines is 1. The molecule has 2 N–H and O–H groups in total. The maximum absolute atomic E-state index is 11.8. The van der Waals surface area contributed by atoms with E-state index in [4.69, 9.17) is 23.2 Å². The Bertz CT molecular complexity index is 840. The second kappa shape index (κ2) is 8.46. The number of benzene rings is 2. The fourth-order valence-corrected chi connectivity index (χ4v) is 2.30. The van der Waals surface area contributed by atoms with Crippen LogP contribution in [0.2, 0.25) is 10.0 Å². The predicted octanol–water partition coefficient (Wildman–Crippen LogP) is 3.77. The van der Waals surface area contributed by atoms with Gasteiger partial charge in [-0.05, 0) is 30.7 Å². The first kappa shape index (κ1) is 18.7. The minimum Gasteiger partial charge on any atom is -0.376 e. The largest absolute Gasteiger partial charge is 0.376 e. The highest BCUT2D eigenvalue weighted by Gasteiger charge is 2.11. The first-order valence-electron chi connectivity index (χ1n) is 7.13. The molecule has 0 heterocycles. The van der Waals surface area contributed by atoms with Crippen LogP contribution in [0.25, 0.3) is 0 Å². The van der Waals surface area contributed by atoms with Gasteiger partial charge in [0.2, 0.25) is 0 Å². The van der Waals surface area contributed by atoms with Crippen LogP contribution in [0.3, 0.4) is 0 Å². The van der Waals surface area contributed by atoms with Crippen molar-refractivity contribution in [1.82, 2.24) is 5.43 Å². The first-order valence-corrected chi connectivity index (χ1v) is 7.89. The van der Waals surface area contributed by atoms with Gasteiger partial charge in [-0.25, -0.2) is 5.43 Å². The Morgan fingerprint density at radius 3 is 2.76 bits per heavy atom. The molecule has 0 aromatic heterocycles. The predicted molar refractivity (Wildman–Crippen MR) is 98.5 cm³/mol. The van der Waals surface area contributed by atoms with Crippen LogP contribution in [-0.2, 0) is 4.79 Å². The van der Waals surface area contributed by atoms with Crippen LogP contribution in [0.4, 0.5) is 11.4 Å². The maximum Gasteiger partial charge on any atom is 0.288 e. The summed E-state index contributed by atoms with van der Waals surface area (Å²) >= 11 is 11.7. The highest BCUT2D eigenvalue weighted by molar-refractivity contribution is 6.32. The molecule has 0 bridgehead atoms. The summed E-state index contributed by atoms with van der Waals surface area (Å²) in [5, 5.41) is 18.2. The lowest BCUT2D eigenvalue weighted by Gasteiger charge is -2.09. The summed E-state index contributed by atoms with van der Waals surface area (Å²) in [6.07, 6.45) is 1.30. The topological polar surface area (TPSA) is 96.6 Å². The molecule has 0 atom stereocenters. The molecule has 0 aliphatic rings. The number of rotatable bonds is 6. The molecular formula is C16H14Cl2N4O3. The van der Waals surface area contributed by atoms with Gasteiger partial charge >= 0.3 is 0 Å². The fourth-order valence-electron chi connectivity index (χ4n) is 1.94. The van der Waals surface area contributed by atoms with E-state index in [0.29, 0.717) is 10.6 Å². The molecule has 0 fully saturated rings. The maximum atomic E-state index is 11.8. The summed E-state index contributed by atoms with van der Waals surface area (Å²) in [5.41, 5.74) is 4.14. The van der Waals surface area contributed by atoms with E-state index in [9.17, 15) is 14.9 Å². The molecule has 2 rings (SSSR count). The third-order valence-corrected chi connectivity index (χ3v) is 4.01. The Morgan fingerprint density at radius 1 is 1.28 bits per heavy atom. The Kier molecular flexibility index (Phi) is 6.32. The zero-order valence-electron chi connectivity index (χ0n) is 13.1. The molecule has 0 saturated carbocycles. The number of nitrogens with one attached hydrogen (secondary N) is 2. The molecule has 2 aromatic rings. The van der Waals surface area contributed by atoms with E-state index in [-0.39, 0.29) is 23.2 Å². The van der Waals surface area contributed by atoms with Crippen molar-refractivity contribution in [3.8, 4) is 0 Å². The molecule has 0 saturated heterocycles. The van der Waals surface area contributed by atoms with Gasteiger partial charge in [0.25, 0.3) is 11.6 Å². The van der Waals surface area contributed by atoms with Crippen LogP contribution < -0.4 is 10.7 Å². The average molecular weight is 381 g/mol. The van der Waals surface area contributed by atoms with E-state index < -0.39 is 4.92 Å². The monoisotopic (exact) mass is 380 g/mol. The van der Waals surface area contributed by atoms with E-state index >= 15 is 0 Å². The number of hydrogen-bond donors (Lipinski definition) is 2. The Balaban J connectivity index is 1.91. The van der Waals surface area contributed by atoms with Gasteiger partial charge in [-0.15, -0.1) is 0 Å². The lowest BCUT2D eigenvalue weighted by molar-refractivity contribution is -0.384. The molecular weight excluding hydrogens is 367 g/mol. The van der Waals surface area contributed by atoms with Gasteiger partial charge in [0.05, 0.1) is 17.7 Å². The lowest BCUT2D eigenvalue weighted by atomic mass is 10.2. The molecule has 0 aliphatic heterocycles. The number of halogens is 2. The second-order valence-corrected chi connectivity index (χ2v) is 5.84. The van der Waals surface area contributed by atoms with Gasteiger partial charge in [-0.2, -0.15) is 5.10 Å².